The van der Waals surface area contributed by atoms with Crippen LogP contribution in [0.25, 0.3) is 0 Å². The van der Waals surface area contributed by atoms with Gasteiger partial charge in [-0.1, -0.05) is 13.3 Å². The van der Waals surface area contributed by atoms with Gasteiger partial charge in [0.25, 0.3) is 0 Å². The first-order chi connectivity index (χ1) is 6.83. The first kappa shape index (κ1) is 9.74. The van der Waals surface area contributed by atoms with Crippen molar-refractivity contribution in [3.05, 3.63) is 24.0 Å². The van der Waals surface area contributed by atoms with Crippen LogP contribution >= 0.6 is 0 Å². The predicted octanol–water partition coefficient (Wildman–Crippen LogP) is 1.27. The minimum atomic E-state index is 0.160. The van der Waals surface area contributed by atoms with Gasteiger partial charge < -0.3 is 15.5 Å². The SMILES string of the molecule is CCC(CN)C1(c2ccc[nH]2)COC1. The van der Waals surface area contributed by atoms with Crippen LogP contribution in [-0.4, -0.2) is 24.7 Å². The van der Waals surface area contributed by atoms with E-state index in [0.29, 0.717) is 5.92 Å². The molecule has 0 bridgehead atoms. The maximum absolute atomic E-state index is 5.82. The highest BCUT2D eigenvalue weighted by molar-refractivity contribution is 5.23. The van der Waals surface area contributed by atoms with Crippen molar-refractivity contribution in [2.75, 3.05) is 19.8 Å². The molecule has 0 saturated carbocycles. The largest absolute Gasteiger partial charge is 0.379 e. The van der Waals surface area contributed by atoms with Crippen LogP contribution in [0.5, 0.6) is 0 Å². The van der Waals surface area contributed by atoms with Gasteiger partial charge >= 0.3 is 0 Å². The second-order valence-electron chi connectivity index (χ2n) is 4.07. The summed E-state index contributed by atoms with van der Waals surface area (Å²) in [4.78, 5) is 3.29. The molecule has 14 heavy (non-hydrogen) atoms. The van der Waals surface area contributed by atoms with Crippen LogP contribution in [0.2, 0.25) is 0 Å². The van der Waals surface area contributed by atoms with Crippen molar-refractivity contribution in [1.29, 1.82) is 0 Å². The highest BCUT2D eigenvalue weighted by Crippen LogP contribution is 2.39. The predicted molar refractivity (Wildman–Crippen MR) is 56.1 cm³/mol. The Bertz CT molecular complexity index is 273. The maximum atomic E-state index is 5.82. The van der Waals surface area contributed by atoms with Crippen LogP contribution in [0, 0.1) is 5.92 Å². The molecule has 0 spiro atoms. The van der Waals surface area contributed by atoms with Gasteiger partial charge in [-0.2, -0.15) is 0 Å². The van der Waals surface area contributed by atoms with Gasteiger partial charge in [-0.3, -0.25) is 0 Å². The number of nitrogens with two attached hydrogens (primary N) is 1. The van der Waals surface area contributed by atoms with Crippen molar-refractivity contribution >= 4 is 0 Å². The molecule has 3 nitrogen and oxygen atoms in total. The molecule has 1 aliphatic heterocycles. The number of hydrogen-bond acceptors (Lipinski definition) is 2. The monoisotopic (exact) mass is 194 g/mol. The summed E-state index contributed by atoms with van der Waals surface area (Å²) in [6, 6.07) is 4.18. The van der Waals surface area contributed by atoms with Gasteiger partial charge in [0.05, 0.1) is 18.6 Å². The van der Waals surface area contributed by atoms with Crippen LogP contribution < -0.4 is 5.73 Å². The van der Waals surface area contributed by atoms with Crippen LogP contribution in [-0.2, 0) is 10.2 Å². The fraction of sp³-hybridized carbons (Fsp3) is 0.636. The Balaban J connectivity index is 2.25. The first-order valence-electron chi connectivity index (χ1n) is 5.25. The molecule has 1 aliphatic rings. The molecule has 1 saturated heterocycles. The van der Waals surface area contributed by atoms with E-state index < -0.39 is 0 Å². The number of aromatic nitrogens is 1. The van der Waals surface area contributed by atoms with Crippen molar-refractivity contribution in [1.82, 2.24) is 4.98 Å². The molecular weight excluding hydrogens is 176 g/mol. The molecule has 0 aromatic carbocycles. The van der Waals surface area contributed by atoms with Gasteiger partial charge in [-0.05, 0) is 24.6 Å². The summed E-state index contributed by atoms with van der Waals surface area (Å²) >= 11 is 0. The molecule has 3 heteroatoms. The van der Waals surface area contributed by atoms with Crippen molar-refractivity contribution in [3.63, 3.8) is 0 Å². The lowest BCUT2D eigenvalue weighted by atomic mass is 9.70. The number of hydrogen-bond donors (Lipinski definition) is 2. The Morgan fingerprint density at radius 1 is 1.64 bits per heavy atom. The number of aromatic amines is 1. The lowest BCUT2D eigenvalue weighted by Gasteiger charge is -2.46. The van der Waals surface area contributed by atoms with E-state index >= 15 is 0 Å². The normalized spacial score (nSPS) is 21.6. The summed E-state index contributed by atoms with van der Waals surface area (Å²) < 4.78 is 5.37. The topological polar surface area (TPSA) is 51.0 Å². The van der Waals surface area contributed by atoms with E-state index in [0.717, 1.165) is 26.2 Å². The quantitative estimate of drug-likeness (QED) is 0.758. The molecule has 78 valence electrons. The fourth-order valence-corrected chi connectivity index (χ4v) is 2.36. The van der Waals surface area contributed by atoms with Crippen molar-refractivity contribution < 1.29 is 4.74 Å². The third-order valence-electron chi connectivity index (χ3n) is 3.41. The molecule has 0 aliphatic carbocycles. The summed E-state index contributed by atoms with van der Waals surface area (Å²) in [5.41, 5.74) is 7.25. The average Bonchev–Trinajstić information content (AvgIpc) is 2.63. The first-order valence-corrected chi connectivity index (χ1v) is 5.25. The van der Waals surface area contributed by atoms with E-state index in [1.807, 2.05) is 12.3 Å². The van der Waals surface area contributed by atoms with Crippen molar-refractivity contribution in [3.8, 4) is 0 Å². The Morgan fingerprint density at radius 2 is 2.43 bits per heavy atom. The summed E-state index contributed by atoms with van der Waals surface area (Å²) in [7, 11) is 0. The van der Waals surface area contributed by atoms with E-state index in [2.05, 4.69) is 18.0 Å². The van der Waals surface area contributed by atoms with Gasteiger partial charge in [0.1, 0.15) is 0 Å². The van der Waals surface area contributed by atoms with Crippen LogP contribution in [0.3, 0.4) is 0 Å². The summed E-state index contributed by atoms with van der Waals surface area (Å²) in [6.07, 6.45) is 3.08. The minimum absolute atomic E-state index is 0.160. The summed E-state index contributed by atoms with van der Waals surface area (Å²) in [6.45, 7) is 4.55. The molecule has 1 fully saturated rings. The molecule has 1 aromatic rings. The van der Waals surface area contributed by atoms with E-state index in [9.17, 15) is 0 Å². The van der Waals surface area contributed by atoms with Crippen LogP contribution in [0.1, 0.15) is 19.0 Å². The smallest absolute Gasteiger partial charge is 0.0610 e. The van der Waals surface area contributed by atoms with Gasteiger partial charge in [-0.25, -0.2) is 0 Å². The molecule has 2 heterocycles. The molecule has 3 N–H and O–H groups in total. The number of ether oxygens (including phenoxy) is 1. The molecular formula is C11H18N2O. The Morgan fingerprint density at radius 3 is 2.79 bits per heavy atom. The zero-order valence-corrected chi connectivity index (χ0v) is 8.62. The molecule has 1 atom stereocenters. The second kappa shape index (κ2) is 3.75. The highest BCUT2D eigenvalue weighted by Gasteiger charge is 2.46. The lowest BCUT2D eigenvalue weighted by molar-refractivity contribution is -0.0917. The summed E-state index contributed by atoms with van der Waals surface area (Å²) in [5.74, 6) is 0.523. The lowest BCUT2D eigenvalue weighted by Crippen LogP contribution is -2.54. The fourth-order valence-electron chi connectivity index (χ4n) is 2.36. The molecule has 1 unspecified atom stereocenters. The van der Waals surface area contributed by atoms with E-state index in [1.54, 1.807) is 0 Å². The van der Waals surface area contributed by atoms with Crippen LogP contribution in [0.4, 0.5) is 0 Å². The zero-order chi connectivity index (χ0) is 10.0. The molecule has 0 radical (unpaired) electrons. The van der Waals surface area contributed by atoms with Crippen LogP contribution in [0.15, 0.2) is 18.3 Å². The van der Waals surface area contributed by atoms with E-state index in [4.69, 9.17) is 10.5 Å². The van der Waals surface area contributed by atoms with E-state index in [-0.39, 0.29) is 5.41 Å². The zero-order valence-electron chi connectivity index (χ0n) is 8.62. The summed E-state index contributed by atoms with van der Waals surface area (Å²) in [5, 5.41) is 0. The Labute approximate surface area is 84.6 Å². The minimum Gasteiger partial charge on any atom is -0.379 e. The highest BCUT2D eigenvalue weighted by atomic mass is 16.5. The van der Waals surface area contributed by atoms with Gasteiger partial charge in [0, 0.05) is 11.9 Å². The number of nitrogens with one attached hydrogen (secondary N) is 1. The third-order valence-corrected chi connectivity index (χ3v) is 3.41. The average molecular weight is 194 g/mol. The van der Waals surface area contributed by atoms with E-state index in [1.165, 1.54) is 5.69 Å². The van der Waals surface area contributed by atoms with Gasteiger partial charge in [0.15, 0.2) is 0 Å². The van der Waals surface area contributed by atoms with Crippen molar-refractivity contribution in [2.45, 2.75) is 18.8 Å². The molecule has 0 amide bonds. The second-order valence-corrected chi connectivity index (χ2v) is 4.07. The maximum Gasteiger partial charge on any atom is 0.0610 e. The Hall–Kier alpha value is -0.800. The Kier molecular flexibility index (Phi) is 2.61. The molecule has 2 rings (SSSR count). The number of rotatable bonds is 4. The third kappa shape index (κ3) is 1.28. The van der Waals surface area contributed by atoms with Gasteiger partial charge in [0.2, 0.25) is 0 Å². The standard InChI is InChI=1S/C11H18N2O/c1-2-9(6-12)11(7-14-8-11)10-4-3-5-13-10/h3-5,9,13H,2,6-8,12H2,1H3. The van der Waals surface area contributed by atoms with Crippen molar-refractivity contribution in [2.24, 2.45) is 11.7 Å². The number of H-pyrrole nitrogens is 1. The van der Waals surface area contributed by atoms with Gasteiger partial charge in [-0.15, -0.1) is 0 Å². The molecule has 1 aromatic heterocycles.